The Bertz CT molecular complexity index is 1050. The Morgan fingerprint density at radius 1 is 1.16 bits per heavy atom. The molecule has 0 saturated heterocycles. The second-order valence-corrected chi connectivity index (χ2v) is 8.34. The molecule has 0 bridgehead atoms. The summed E-state index contributed by atoms with van der Waals surface area (Å²) in [7, 11) is -1.87. The lowest BCUT2D eigenvalue weighted by molar-refractivity contribution is 0.391. The third kappa shape index (κ3) is 2.71. The molecular weight excluding hydrogens is 336 g/mol. The van der Waals surface area contributed by atoms with E-state index >= 15 is 0 Å². The molecule has 0 atom stereocenters. The molecule has 0 aliphatic carbocycles. The second-order valence-electron chi connectivity index (χ2n) is 6.40. The summed E-state index contributed by atoms with van der Waals surface area (Å²) in [5.41, 5.74) is 4.10. The Morgan fingerprint density at radius 3 is 2.76 bits per heavy atom. The molecule has 0 saturated carbocycles. The highest BCUT2D eigenvalue weighted by Crippen LogP contribution is 2.32. The van der Waals surface area contributed by atoms with Gasteiger partial charge in [0.15, 0.2) is 0 Å². The van der Waals surface area contributed by atoms with Gasteiger partial charge in [-0.1, -0.05) is 12.1 Å². The molecule has 0 amide bonds. The topological polar surface area (TPSA) is 62.4 Å². The minimum atomic E-state index is -3.50. The molecule has 130 valence electrons. The molecule has 3 aromatic rings. The van der Waals surface area contributed by atoms with Crippen molar-refractivity contribution in [1.29, 1.82) is 0 Å². The Morgan fingerprint density at radius 2 is 2.00 bits per heavy atom. The van der Waals surface area contributed by atoms with Crippen molar-refractivity contribution >= 4 is 20.9 Å². The molecule has 4 rings (SSSR count). The maximum absolute atomic E-state index is 13.0. The fourth-order valence-electron chi connectivity index (χ4n) is 3.43. The van der Waals surface area contributed by atoms with Crippen LogP contribution in [0.2, 0.25) is 0 Å². The minimum absolute atomic E-state index is 0.355. The molecule has 2 aromatic carbocycles. The Labute approximate surface area is 147 Å². The van der Waals surface area contributed by atoms with Gasteiger partial charge in [0.05, 0.1) is 12.0 Å². The van der Waals surface area contributed by atoms with Gasteiger partial charge in [0.25, 0.3) is 0 Å². The van der Waals surface area contributed by atoms with E-state index in [9.17, 15) is 8.42 Å². The summed E-state index contributed by atoms with van der Waals surface area (Å²) < 4.78 is 32.9. The predicted octanol–water partition coefficient (Wildman–Crippen LogP) is 3.23. The van der Waals surface area contributed by atoms with Crippen LogP contribution in [-0.2, 0) is 23.0 Å². The largest absolute Gasteiger partial charge is 0.497 e. The first-order chi connectivity index (χ1) is 12.0. The lowest BCUT2D eigenvalue weighted by Gasteiger charge is -2.26. The Kier molecular flexibility index (Phi) is 3.81. The second kappa shape index (κ2) is 5.89. The number of hydrogen-bond acceptors (Lipinski definition) is 3. The first kappa shape index (κ1) is 16.2. The summed E-state index contributed by atoms with van der Waals surface area (Å²) in [6.45, 7) is 2.76. The van der Waals surface area contributed by atoms with Crippen LogP contribution in [0.5, 0.6) is 5.75 Å². The van der Waals surface area contributed by atoms with Crippen molar-refractivity contribution in [3.8, 4) is 5.75 Å². The third-order valence-corrected chi connectivity index (χ3v) is 6.62. The van der Waals surface area contributed by atoms with E-state index in [2.05, 4.69) is 4.98 Å². The number of ether oxygens (including phenoxy) is 1. The van der Waals surface area contributed by atoms with E-state index in [1.807, 2.05) is 31.2 Å². The molecule has 0 unspecified atom stereocenters. The number of fused-ring (bicyclic) bond motifs is 3. The standard InChI is InChI=1S/C19H20N2O3S/c1-13-4-3-5-15(10-13)25(22,23)21-9-8-19-17(12-21)16-11-14(24-2)6-7-18(16)20-19/h3-7,10-11,20H,8-9,12H2,1-2H3. The number of benzene rings is 2. The highest BCUT2D eigenvalue weighted by molar-refractivity contribution is 7.89. The van der Waals surface area contributed by atoms with Crippen LogP contribution >= 0.6 is 0 Å². The Hall–Kier alpha value is -2.31. The number of aromatic nitrogens is 1. The normalized spacial score (nSPS) is 15.3. The van der Waals surface area contributed by atoms with Gasteiger partial charge < -0.3 is 9.72 Å². The molecule has 25 heavy (non-hydrogen) atoms. The van der Waals surface area contributed by atoms with Crippen molar-refractivity contribution in [2.45, 2.75) is 24.8 Å². The van der Waals surface area contributed by atoms with Gasteiger partial charge in [-0.15, -0.1) is 0 Å². The maximum Gasteiger partial charge on any atom is 0.243 e. The fraction of sp³-hybridized carbons (Fsp3) is 0.263. The van der Waals surface area contributed by atoms with Crippen molar-refractivity contribution in [1.82, 2.24) is 9.29 Å². The van der Waals surface area contributed by atoms with Gasteiger partial charge in [0.2, 0.25) is 10.0 Å². The predicted molar refractivity (Wildman–Crippen MR) is 97.3 cm³/mol. The summed E-state index contributed by atoms with van der Waals surface area (Å²) in [6.07, 6.45) is 0.678. The zero-order chi connectivity index (χ0) is 17.6. The number of aromatic amines is 1. The van der Waals surface area contributed by atoms with E-state index in [1.165, 1.54) is 0 Å². The van der Waals surface area contributed by atoms with Crippen LogP contribution in [0.15, 0.2) is 47.4 Å². The molecule has 1 aromatic heterocycles. The van der Waals surface area contributed by atoms with Gasteiger partial charge in [-0.25, -0.2) is 8.42 Å². The van der Waals surface area contributed by atoms with Gasteiger partial charge in [0, 0.05) is 36.1 Å². The average Bonchev–Trinajstić information content (AvgIpc) is 2.98. The first-order valence-electron chi connectivity index (χ1n) is 8.23. The summed E-state index contributed by atoms with van der Waals surface area (Å²) in [4.78, 5) is 3.77. The number of rotatable bonds is 3. The third-order valence-electron chi connectivity index (χ3n) is 4.77. The number of methoxy groups -OCH3 is 1. The SMILES string of the molecule is COc1ccc2[nH]c3c(c2c1)CN(S(=O)(=O)c1cccc(C)c1)CC3. The van der Waals surface area contributed by atoms with Crippen molar-refractivity contribution in [2.24, 2.45) is 0 Å². The maximum atomic E-state index is 13.0. The van der Waals surface area contributed by atoms with Crippen molar-refractivity contribution in [3.05, 3.63) is 59.3 Å². The molecule has 0 radical (unpaired) electrons. The van der Waals surface area contributed by atoms with Crippen LogP contribution in [0.25, 0.3) is 10.9 Å². The van der Waals surface area contributed by atoms with Gasteiger partial charge in [-0.2, -0.15) is 4.31 Å². The van der Waals surface area contributed by atoms with Crippen molar-refractivity contribution < 1.29 is 13.2 Å². The number of sulfonamides is 1. The van der Waals surface area contributed by atoms with Crippen molar-refractivity contribution in [2.75, 3.05) is 13.7 Å². The molecular formula is C19H20N2O3S. The number of nitrogens with one attached hydrogen (secondary N) is 1. The van der Waals surface area contributed by atoms with E-state index in [0.717, 1.165) is 33.5 Å². The molecule has 2 heterocycles. The quantitative estimate of drug-likeness (QED) is 0.784. The molecule has 1 aliphatic rings. The lowest BCUT2D eigenvalue weighted by atomic mass is 10.1. The molecule has 1 aliphatic heterocycles. The smallest absolute Gasteiger partial charge is 0.243 e. The highest BCUT2D eigenvalue weighted by atomic mass is 32.2. The molecule has 1 N–H and O–H groups in total. The van der Waals surface area contributed by atoms with E-state index in [1.54, 1.807) is 29.6 Å². The Balaban J connectivity index is 1.75. The first-order valence-corrected chi connectivity index (χ1v) is 9.67. The number of hydrogen-bond donors (Lipinski definition) is 1. The van der Waals surface area contributed by atoms with E-state index in [0.29, 0.717) is 24.4 Å². The van der Waals surface area contributed by atoms with Crippen LogP contribution in [0.3, 0.4) is 0 Å². The number of nitrogens with zero attached hydrogens (tertiary/aromatic N) is 1. The van der Waals surface area contributed by atoms with Gasteiger partial charge in [-0.05, 0) is 48.4 Å². The zero-order valence-electron chi connectivity index (χ0n) is 14.2. The number of aryl methyl sites for hydroxylation is 1. The summed E-state index contributed by atoms with van der Waals surface area (Å²) >= 11 is 0. The van der Waals surface area contributed by atoms with E-state index < -0.39 is 10.0 Å². The lowest BCUT2D eigenvalue weighted by Crippen LogP contribution is -2.35. The molecule has 5 nitrogen and oxygen atoms in total. The van der Waals surface area contributed by atoms with Crippen LogP contribution in [0.1, 0.15) is 16.8 Å². The van der Waals surface area contributed by atoms with Crippen LogP contribution in [0.4, 0.5) is 0 Å². The zero-order valence-corrected chi connectivity index (χ0v) is 15.1. The van der Waals surface area contributed by atoms with Crippen molar-refractivity contribution in [3.63, 3.8) is 0 Å². The van der Waals surface area contributed by atoms with Crippen LogP contribution < -0.4 is 4.74 Å². The summed E-state index contributed by atoms with van der Waals surface area (Å²) in [6, 6.07) is 12.9. The van der Waals surface area contributed by atoms with E-state index in [4.69, 9.17) is 4.74 Å². The van der Waals surface area contributed by atoms with Crippen LogP contribution in [0, 0.1) is 6.92 Å². The average molecular weight is 356 g/mol. The number of H-pyrrole nitrogens is 1. The van der Waals surface area contributed by atoms with E-state index in [-0.39, 0.29) is 0 Å². The van der Waals surface area contributed by atoms with Gasteiger partial charge >= 0.3 is 0 Å². The molecule has 0 spiro atoms. The monoisotopic (exact) mass is 356 g/mol. The highest BCUT2D eigenvalue weighted by Gasteiger charge is 2.30. The van der Waals surface area contributed by atoms with Crippen LogP contribution in [-0.4, -0.2) is 31.4 Å². The minimum Gasteiger partial charge on any atom is -0.497 e. The summed E-state index contributed by atoms with van der Waals surface area (Å²) in [5, 5.41) is 1.03. The fourth-order valence-corrected chi connectivity index (χ4v) is 4.94. The van der Waals surface area contributed by atoms with Gasteiger partial charge in [-0.3, -0.25) is 0 Å². The summed E-state index contributed by atoms with van der Waals surface area (Å²) in [5.74, 6) is 0.771. The molecule has 0 fully saturated rings. The van der Waals surface area contributed by atoms with Gasteiger partial charge in [0.1, 0.15) is 5.75 Å². The molecule has 6 heteroatoms.